The van der Waals surface area contributed by atoms with Gasteiger partial charge in [-0.15, -0.1) is 0 Å². The summed E-state index contributed by atoms with van der Waals surface area (Å²) in [5.41, 5.74) is 18.5. The molecule has 6 rings (SSSR count). The van der Waals surface area contributed by atoms with Gasteiger partial charge in [0.2, 0.25) is 0 Å². The van der Waals surface area contributed by atoms with Crippen LogP contribution in [0.1, 0.15) is 142 Å². The Morgan fingerprint density at radius 2 is 0.850 bits per heavy atom. The molecule has 0 amide bonds. The highest BCUT2D eigenvalue weighted by molar-refractivity contribution is 5.94. The van der Waals surface area contributed by atoms with Crippen molar-refractivity contribution in [2.24, 2.45) is 22.7 Å². The molecule has 0 aliphatic carbocycles. The lowest BCUT2D eigenvalue weighted by Crippen LogP contribution is -2.38. The lowest BCUT2D eigenvalue weighted by Gasteiger charge is -2.28. The van der Waals surface area contributed by atoms with Crippen LogP contribution in [-0.2, 0) is 27.8 Å². The van der Waals surface area contributed by atoms with Crippen molar-refractivity contribution in [1.29, 1.82) is 0 Å². The van der Waals surface area contributed by atoms with Crippen LogP contribution in [0.4, 0.5) is 0 Å². The summed E-state index contributed by atoms with van der Waals surface area (Å²) in [6.07, 6.45) is 0. The molecule has 0 atom stereocenters. The van der Waals surface area contributed by atoms with Gasteiger partial charge in [-0.25, -0.2) is 0 Å². The van der Waals surface area contributed by atoms with Gasteiger partial charge in [-0.2, -0.15) is 0 Å². The minimum atomic E-state index is -0.797. The molecule has 0 aliphatic heterocycles. The average molecular weight is 1100 g/mol. The molecule has 0 aliphatic rings. The summed E-state index contributed by atoms with van der Waals surface area (Å²) < 4.78 is 25.4. The first-order chi connectivity index (χ1) is 37.3. The second-order valence-electron chi connectivity index (χ2n) is 22.6. The lowest BCUT2D eigenvalue weighted by molar-refractivity contribution is 0.0783. The van der Waals surface area contributed by atoms with Crippen LogP contribution in [0.5, 0.6) is 34.5 Å². The van der Waals surface area contributed by atoms with E-state index in [2.05, 4.69) is 88.2 Å². The monoisotopic (exact) mass is 1100 g/mol. The number of methoxy groups -OCH3 is 5. The van der Waals surface area contributed by atoms with E-state index < -0.39 is 11.1 Å². The predicted octanol–water partition coefficient (Wildman–Crippen LogP) is 15.0. The van der Waals surface area contributed by atoms with Gasteiger partial charge in [0.15, 0.2) is 5.78 Å². The summed E-state index contributed by atoms with van der Waals surface area (Å²) in [7, 11) is 8.17. The molecule has 0 radical (unpaired) electrons. The van der Waals surface area contributed by atoms with Crippen LogP contribution in [0.2, 0.25) is 0 Å². The number of carbonyl (C=O) groups excluding carboxylic acids is 1. The van der Waals surface area contributed by atoms with Crippen LogP contribution in [0.25, 0.3) is 10.4 Å². The molecule has 0 unspecified atom stereocenters. The normalized spacial score (nSPS) is 11.2. The highest BCUT2D eigenvalue weighted by Gasteiger charge is 2.22. The Morgan fingerprint density at radius 1 is 0.525 bits per heavy atom. The number of phenolic OH excluding ortho intramolecular Hbond substituents is 1. The van der Waals surface area contributed by atoms with Gasteiger partial charge in [0, 0.05) is 27.1 Å². The Bertz CT molecular complexity index is 2730. The zero-order chi connectivity index (χ0) is 60.9. The van der Waals surface area contributed by atoms with Crippen LogP contribution in [0.15, 0.2) is 151 Å². The molecule has 80 heavy (non-hydrogen) atoms. The fourth-order valence-electron chi connectivity index (χ4n) is 7.07. The van der Waals surface area contributed by atoms with Crippen LogP contribution in [0, 0.1) is 11.8 Å². The van der Waals surface area contributed by atoms with Crippen molar-refractivity contribution in [2.45, 2.75) is 132 Å². The van der Waals surface area contributed by atoms with Gasteiger partial charge in [-0.05, 0) is 193 Å². The van der Waals surface area contributed by atoms with E-state index >= 15 is 0 Å². The zero-order valence-electron chi connectivity index (χ0n) is 51.7. The molecule has 14 heteroatoms. The number of aromatic hydroxyl groups is 1. The molecule has 6 aromatic rings. The van der Waals surface area contributed by atoms with Crippen molar-refractivity contribution < 1.29 is 38.7 Å². The highest BCUT2D eigenvalue weighted by atomic mass is 16.5. The number of nitrogens with one attached hydrogen (secondary N) is 2. The number of hydrogen-bond acceptors (Lipinski definition) is 12. The topological polar surface area (TPSA) is 203 Å². The number of ketones is 1. The lowest BCUT2D eigenvalue weighted by atomic mass is 9.93. The van der Waals surface area contributed by atoms with Crippen molar-refractivity contribution >= 4 is 5.78 Å². The van der Waals surface area contributed by atoms with Crippen LogP contribution in [-0.4, -0.2) is 64.6 Å². The fraction of sp³-hybridized carbons (Fsp3) is 0.439. The molecule has 6 N–H and O–H groups in total. The first-order valence-corrected chi connectivity index (χ1v) is 26.9. The molecule has 438 valence electrons. The minimum Gasteiger partial charge on any atom is -0.508 e. The number of phenols is 1. The summed E-state index contributed by atoms with van der Waals surface area (Å²) in [4.78, 5) is 13.7. The van der Waals surface area contributed by atoms with Crippen molar-refractivity contribution in [3.8, 4) is 34.5 Å². The molecule has 0 fully saturated rings. The fourth-order valence-corrected chi connectivity index (χ4v) is 7.07. The Balaban J connectivity index is 0.000000482. The molecule has 0 saturated carbocycles. The quantitative estimate of drug-likeness (QED) is 0.0237. The first-order valence-electron chi connectivity index (χ1n) is 26.9. The molecule has 0 aromatic heterocycles. The second-order valence-corrected chi connectivity index (χ2v) is 22.6. The number of ether oxygens (including phenoxy) is 5. The van der Waals surface area contributed by atoms with Gasteiger partial charge in [-0.3, -0.25) is 4.79 Å². The smallest absolute Gasteiger partial charge is 0.159 e. The Kier molecular flexibility index (Phi) is 30.3. The molecule has 14 nitrogen and oxygen atoms in total. The number of carbonyl (C=O) groups is 1. The number of nitrogens with two attached hydrogens (primary N) is 1. The summed E-state index contributed by atoms with van der Waals surface area (Å²) in [5.74, 6) is 5.70. The predicted molar refractivity (Wildman–Crippen MR) is 329 cm³/mol. The van der Waals surface area contributed by atoms with E-state index in [1.165, 1.54) is 12.5 Å². The van der Waals surface area contributed by atoms with E-state index in [-0.39, 0.29) is 22.4 Å². The van der Waals surface area contributed by atoms with E-state index in [1.807, 2.05) is 137 Å². The van der Waals surface area contributed by atoms with Gasteiger partial charge in [-0.1, -0.05) is 119 Å². The maximum Gasteiger partial charge on any atom is 0.159 e. The van der Waals surface area contributed by atoms with Crippen LogP contribution < -0.4 is 40.1 Å². The maximum absolute atomic E-state index is 10.9. The van der Waals surface area contributed by atoms with Gasteiger partial charge in [0.05, 0.1) is 46.7 Å². The van der Waals surface area contributed by atoms with Gasteiger partial charge < -0.3 is 50.3 Å². The number of hydrogen-bond donors (Lipinski definition) is 5. The third kappa shape index (κ3) is 27.2. The summed E-state index contributed by atoms with van der Waals surface area (Å²) >= 11 is 0. The van der Waals surface area contributed by atoms with Crippen LogP contribution in [0.3, 0.4) is 0 Å². The van der Waals surface area contributed by atoms with E-state index in [4.69, 9.17) is 34.9 Å². The first kappa shape index (κ1) is 71.0. The molecule has 0 bridgehead atoms. The number of azide groups is 1. The second kappa shape index (κ2) is 34.2. The third-order valence-corrected chi connectivity index (χ3v) is 12.4. The van der Waals surface area contributed by atoms with E-state index in [9.17, 15) is 15.0 Å². The summed E-state index contributed by atoms with van der Waals surface area (Å²) in [5, 5.41) is 29.9. The van der Waals surface area contributed by atoms with Gasteiger partial charge >= 0.3 is 0 Å². The highest BCUT2D eigenvalue weighted by Crippen LogP contribution is 2.29. The summed E-state index contributed by atoms with van der Waals surface area (Å²) in [6, 6.07) is 45.5. The standard InChI is InChI=1S/C14H23NO.C13H21NO.C10H13N3O.C10H15NO.C10H14O2.C9H10O2/c1-11(2)10-15-14(3,4)12-7-6-8-13(9-12)16-5;1-10(2)9-14-13(3,4)11-6-5-7-12(15)8-11;1-10(2,12-13-11)8-5-4-6-9(7-8)14-3;2*1-10(2,11)8-5-4-6-9(7-8)12-3;1-7(10)8-4-3-5-9(6-8)11-2/h6-9,11,15H,10H2,1-5H3;5-8,10,14-15H,9H2,1-4H3;4-7H,1-3H3;4-7H,11H2,1-3H3;4-7,11H,1-3H3;3-6H,1-2H3. The Hall–Kier alpha value is -7.06. The largest absolute Gasteiger partial charge is 0.508 e. The Morgan fingerprint density at radius 3 is 1.21 bits per heavy atom. The third-order valence-electron chi connectivity index (χ3n) is 12.4. The molecule has 6 aromatic carbocycles. The van der Waals surface area contributed by atoms with Crippen molar-refractivity contribution in [1.82, 2.24) is 10.6 Å². The minimum absolute atomic E-state index is 0.0151. The molecular weight excluding hydrogens is 1000 g/mol. The molecule has 0 saturated heterocycles. The Labute approximate surface area is 480 Å². The zero-order valence-corrected chi connectivity index (χ0v) is 51.7. The maximum atomic E-state index is 10.9. The average Bonchev–Trinajstić information content (AvgIpc) is 3.42. The van der Waals surface area contributed by atoms with E-state index in [1.54, 1.807) is 73.7 Å². The van der Waals surface area contributed by atoms with Gasteiger partial charge in [0.1, 0.15) is 34.5 Å². The molecule has 0 spiro atoms. The molecule has 0 heterocycles. The number of aliphatic hydroxyl groups is 1. The number of Topliss-reactive ketones (excluding diaryl/α,β-unsaturated/α-hetero) is 1. The SMILES string of the molecule is CC(C)CNC(C)(C)c1cccc(O)c1.COc1cccc(C(C)(C)N)c1.COc1cccc(C(C)(C)N=[N+]=[N-])c1.COc1cccc(C(C)(C)NCC(C)C)c1.COc1cccc(C(C)(C)O)c1.COc1cccc(C(C)=O)c1. The van der Waals surface area contributed by atoms with Gasteiger partial charge in [0.25, 0.3) is 0 Å². The van der Waals surface area contributed by atoms with Crippen molar-refractivity contribution in [3.63, 3.8) is 0 Å². The van der Waals surface area contributed by atoms with Crippen LogP contribution >= 0.6 is 0 Å². The summed E-state index contributed by atoms with van der Waals surface area (Å²) in [6.45, 7) is 32.2. The number of rotatable bonds is 18. The van der Waals surface area contributed by atoms with Crippen molar-refractivity contribution in [2.75, 3.05) is 48.6 Å². The van der Waals surface area contributed by atoms with E-state index in [0.717, 1.165) is 64.1 Å². The van der Waals surface area contributed by atoms with Crippen molar-refractivity contribution in [3.05, 3.63) is 189 Å². The van der Waals surface area contributed by atoms with E-state index in [0.29, 0.717) is 23.1 Å². The molecular formula is C66H96N6O8. The number of benzene rings is 6. The number of nitrogens with zero attached hydrogens (tertiary/aromatic N) is 3.